The van der Waals surface area contributed by atoms with Crippen LogP contribution in [0.15, 0.2) is 0 Å². The fourth-order valence-corrected chi connectivity index (χ4v) is 3.11. The molecule has 0 aromatic rings. The molecule has 3 atom stereocenters. The second-order valence-corrected chi connectivity index (χ2v) is 4.58. The van der Waals surface area contributed by atoms with Gasteiger partial charge in [0.1, 0.15) is 0 Å². The first-order valence-electron chi connectivity index (χ1n) is 4.77. The molecule has 0 heterocycles. The third-order valence-corrected chi connectivity index (χ3v) is 3.65. The Bertz CT molecular complexity index is 126. The van der Waals surface area contributed by atoms with Gasteiger partial charge in [-0.05, 0) is 42.9 Å². The minimum atomic E-state index is 0.954. The first-order chi connectivity index (χ1) is 4.77. The van der Waals surface area contributed by atoms with Gasteiger partial charge in [0, 0.05) is 0 Å². The minimum Gasteiger partial charge on any atom is -0.0625 e. The largest absolute Gasteiger partial charge is 0.0625 e. The van der Waals surface area contributed by atoms with E-state index in [2.05, 4.69) is 13.8 Å². The maximum absolute atomic E-state index is 2.39. The zero-order valence-electron chi connectivity index (χ0n) is 7.14. The second-order valence-electron chi connectivity index (χ2n) is 4.58. The topological polar surface area (TPSA) is 0 Å². The number of rotatable bonds is 1. The summed E-state index contributed by atoms with van der Waals surface area (Å²) in [6, 6.07) is 0. The van der Waals surface area contributed by atoms with Crippen LogP contribution < -0.4 is 0 Å². The van der Waals surface area contributed by atoms with Crippen LogP contribution in [0.1, 0.15) is 39.5 Å². The fourth-order valence-electron chi connectivity index (χ4n) is 3.11. The fraction of sp³-hybridized carbons (Fsp3) is 1.00. The van der Waals surface area contributed by atoms with E-state index in [1.165, 1.54) is 0 Å². The molecule has 0 spiro atoms. The molecule has 2 aliphatic rings. The molecule has 0 radical (unpaired) electrons. The van der Waals surface area contributed by atoms with Gasteiger partial charge >= 0.3 is 0 Å². The van der Waals surface area contributed by atoms with Crippen molar-refractivity contribution < 1.29 is 0 Å². The van der Waals surface area contributed by atoms with E-state index in [0.717, 1.165) is 23.7 Å². The molecule has 2 fully saturated rings. The lowest BCUT2D eigenvalue weighted by atomic mass is 9.81. The standard InChI is InChI=1S/C10H18/c1-7(2)10-6-8-3-4-9(10)5-8/h7-10H,3-6H2,1-2H3/t8-,9?,10?/m1/s1. The molecule has 0 N–H and O–H groups in total. The third kappa shape index (κ3) is 0.889. The quantitative estimate of drug-likeness (QED) is 0.522. The van der Waals surface area contributed by atoms with Crippen LogP contribution in [0, 0.1) is 23.7 Å². The third-order valence-electron chi connectivity index (χ3n) is 3.65. The van der Waals surface area contributed by atoms with E-state index in [1.54, 1.807) is 25.7 Å². The van der Waals surface area contributed by atoms with Crippen molar-refractivity contribution in [3.8, 4) is 0 Å². The van der Waals surface area contributed by atoms with E-state index in [1.807, 2.05) is 0 Å². The molecule has 0 aliphatic heterocycles. The van der Waals surface area contributed by atoms with Gasteiger partial charge in [-0.3, -0.25) is 0 Å². The second kappa shape index (κ2) is 2.25. The van der Waals surface area contributed by atoms with Crippen molar-refractivity contribution in [1.29, 1.82) is 0 Å². The van der Waals surface area contributed by atoms with E-state index in [4.69, 9.17) is 0 Å². The van der Waals surface area contributed by atoms with Gasteiger partial charge in [0.2, 0.25) is 0 Å². The summed E-state index contributed by atoms with van der Waals surface area (Å²) in [6.07, 6.45) is 6.23. The molecule has 2 unspecified atom stereocenters. The van der Waals surface area contributed by atoms with Crippen molar-refractivity contribution in [1.82, 2.24) is 0 Å². The molecule has 0 saturated heterocycles. The first-order valence-corrected chi connectivity index (χ1v) is 4.77. The summed E-state index contributed by atoms with van der Waals surface area (Å²) in [5, 5.41) is 0. The summed E-state index contributed by atoms with van der Waals surface area (Å²) >= 11 is 0. The molecule has 58 valence electrons. The van der Waals surface area contributed by atoms with E-state index < -0.39 is 0 Å². The number of fused-ring (bicyclic) bond motifs is 2. The van der Waals surface area contributed by atoms with Crippen LogP contribution >= 0.6 is 0 Å². The predicted molar refractivity (Wildman–Crippen MR) is 43.8 cm³/mol. The van der Waals surface area contributed by atoms with E-state index in [9.17, 15) is 0 Å². The SMILES string of the molecule is CC(C)C1C[C@@H]2CCC1C2. The highest BCUT2D eigenvalue weighted by molar-refractivity contribution is 4.90. The molecule has 2 rings (SSSR count). The summed E-state index contributed by atoms with van der Waals surface area (Å²) in [6.45, 7) is 4.79. The molecule has 2 saturated carbocycles. The summed E-state index contributed by atoms with van der Waals surface area (Å²) in [7, 11) is 0. The Balaban J connectivity index is 2.02. The Morgan fingerprint density at radius 3 is 2.20 bits per heavy atom. The molecule has 2 aliphatic carbocycles. The van der Waals surface area contributed by atoms with Crippen LogP contribution in [0.3, 0.4) is 0 Å². The Labute approximate surface area is 64.0 Å². The number of hydrogen-bond acceptors (Lipinski definition) is 0. The average molecular weight is 138 g/mol. The lowest BCUT2D eigenvalue weighted by Gasteiger charge is -2.24. The van der Waals surface area contributed by atoms with Crippen LogP contribution in [-0.4, -0.2) is 0 Å². The van der Waals surface area contributed by atoms with E-state index in [-0.39, 0.29) is 0 Å². The van der Waals surface area contributed by atoms with Gasteiger partial charge in [0.05, 0.1) is 0 Å². The van der Waals surface area contributed by atoms with Gasteiger partial charge in [0.25, 0.3) is 0 Å². The average Bonchev–Trinajstić information content (AvgIpc) is 2.44. The van der Waals surface area contributed by atoms with Gasteiger partial charge in [-0.15, -0.1) is 0 Å². The lowest BCUT2D eigenvalue weighted by molar-refractivity contribution is 0.256. The van der Waals surface area contributed by atoms with Gasteiger partial charge < -0.3 is 0 Å². The van der Waals surface area contributed by atoms with Crippen molar-refractivity contribution >= 4 is 0 Å². The van der Waals surface area contributed by atoms with Gasteiger partial charge in [-0.25, -0.2) is 0 Å². The summed E-state index contributed by atoms with van der Waals surface area (Å²) in [4.78, 5) is 0. The summed E-state index contributed by atoms with van der Waals surface area (Å²) in [5.41, 5.74) is 0. The highest BCUT2D eigenvalue weighted by Crippen LogP contribution is 2.50. The Hall–Kier alpha value is 0. The summed E-state index contributed by atoms with van der Waals surface area (Å²) < 4.78 is 0. The van der Waals surface area contributed by atoms with E-state index in [0.29, 0.717) is 0 Å². The Morgan fingerprint density at radius 1 is 1.10 bits per heavy atom. The van der Waals surface area contributed by atoms with Crippen LogP contribution in [0.25, 0.3) is 0 Å². The molecule has 0 aromatic carbocycles. The maximum Gasteiger partial charge on any atom is -0.0360 e. The zero-order valence-corrected chi connectivity index (χ0v) is 7.14. The van der Waals surface area contributed by atoms with Crippen molar-refractivity contribution in [3.05, 3.63) is 0 Å². The maximum atomic E-state index is 2.39. The van der Waals surface area contributed by atoms with Gasteiger partial charge in [-0.1, -0.05) is 20.3 Å². The van der Waals surface area contributed by atoms with Crippen molar-refractivity contribution in [2.24, 2.45) is 23.7 Å². The van der Waals surface area contributed by atoms with Crippen LogP contribution in [0.4, 0.5) is 0 Å². The molecular formula is C10H18. The molecule has 0 aromatic heterocycles. The van der Waals surface area contributed by atoms with Crippen molar-refractivity contribution in [2.75, 3.05) is 0 Å². The number of hydrogen-bond donors (Lipinski definition) is 0. The van der Waals surface area contributed by atoms with Crippen molar-refractivity contribution in [2.45, 2.75) is 39.5 Å². The normalized spacial score (nSPS) is 45.3. The molecule has 10 heavy (non-hydrogen) atoms. The first kappa shape index (κ1) is 6.69. The highest BCUT2D eigenvalue weighted by Gasteiger charge is 2.40. The highest BCUT2D eigenvalue weighted by atomic mass is 14.5. The molecular weight excluding hydrogens is 120 g/mol. The minimum absolute atomic E-state index is 0.954. The molecule has 0 amide bonds. The lowest BCUT2D eigenvalue weighted by Crippen LogP contribution is -2.15. The Kier molecular flexibility index (Phi) is 1.51. The van der Waals surface area contributed by atoms with E-state index >= 15 is 0 Å². The molecule has 0 nitrogen and oxygen atoms in total. The monoisotopic (exact) mass is 138 g/mol. The van der Waals surface area contributed by atoms with Crippen LogP contribution in [0.2, 0.25) is 0 Å². The molecule has 2 bridgehead atoms. The van der Waals surface area contributed by atoms with Crippen LogP contribution in [0.5, 0.6) is 0 Å². The van der Waals surface area contributed by atoms with Crippen LogP contribution in [-0.2, 0) is 0 Å². The smallest absolute Gasteiger partial charge is 0.0360 e. The zero-order chi connectivity index (χ0) is 7.14. The Morgan fingerprint density at radius 2 is 1.90 bits per heavy atom. The van der Waals surface area contributed by atoms with Gasteiger partial charge in [0.15, 0.2) is 0 Å². The predicted octanol–water partition coefficient (Wildman–Crippen LogP) is 3.08. The van der Waals surface area contributed by atoms with Crippen molar-refractivity contribution in [3.63, 3.8) is 0 Å². The van der Waals surface area contributed by atoms with Gasteiger partial charge in [-0.2, -0.15) is 0 Å². The summed E-state index contributed by atoms with van der Waals surface area (Å²) in [5.74, 6) is 4.32. The molecule has 0 heteroatoms.